The molecule has 4 rings (SSSR count). The molecule has 4 aromatic rings. The SMILES string of the molecule is Cc1nc2ccc(Br)cn2c1C(=O)N/N=C/c1c(O)ccc2ccccc12. The predicted octanol–water partition coefficient (Wildman–Crippen LogP) is 4.03. The van der Waals surface area contributed by atoms with Gasteiger partial charge in [0.1, 0.15) is 17.1 Å². The number of aromatic hydroxyl groups is 1. The molecule has 0 aliphatic carbocycles. The number of aryl methyl sites for hydroxylation is 1. The van der Waals surface area contributed by atoms with Gasteiger partial charge in [0, 0.05) is 16.2 Å². The van der Waals surface area contributed by atoms with Crippen molar-refractivity contribution in [3.8, 4) is 5.75 Å². The van der Waals surface area contributed by atoms with E-state index in [1.165, 1.54) is 6.21 Å². The van der Waals surface area contributed by atoms with E-state index in [1.807, 2.05) is 42.5 Å². The number of benzene rings is 2. The molecular formula is C20H15BrN4O2. The molecule has 0 spiro atoms. The van der Waals surface area contributed by atoms with Gasteiger partial charge in [0.15, 0.2) is 0 Å². The fourth-order valence-corrected chi connectivity index (χ4v) is 3.38. The molecule has 2 aromatic heterocycles. The van der Waals surface area contributed by atoms with Gasteiger partial charge in [-0.3, -0.25) is 9.20 Å². The lowest BCUT2D eigenvalue weighted by Gasteiger charge is -2.05. The van der Waals surface area contributed by atoms with E-state index in [2.05, 4.69) is 31.4 Å². The molecule has 0 fully saturated rings. The lowest BCUT2D eigenvalue weighted by Crippen LogP contribution is -2.20. The topological polar surface area (TPSA) is 79.0 Å². The largest absolute Gasteiger partial charge is 0.507 e. The summed E-state index contributed by atoms with van der Waals surface area (Å²) in [6, 6.07) is 14.8. The lowest BCUT2D eigenvalue weighted by molar-refractivity contribution is 0.0948. The number of hydrogen-bond donors (Lipinski definition) is 2. The van der Waals surface area contributed by atoms with Gasteiger partial charge in [-0.05, 0) is 51.8 Å². The van der Waals surface area contributed by atoms with Crippen molar-refractivity contribution < 1.29 is 9.90 Å². The summed E-state index contributed by atoms with van der Waals surface area (Å²) >= 11 is 3.40. The van der Waals surface area contributed by atoms with Crippen LogP contribution in [0.15, 0.2) is 64.3 Å². The minimum absolute atomic E-state index is 0.0987. The van der Waals surface area contributed by atoms with Crippen molar-refractivity contribution >= 4 is 44.5 Å². The number of carbonyl (C=O) groups excluding carboxylic acids is 1. The smallest absolute Gasteiger partial charge is 0.290 e. The lowest BCUT2D eigenvalue weighted by atomic mass is 10.0. The Morgan fingerprint density at radius 2 is 2.04 bits per heavy atom. The van der Waals surface area contributed by atoms with Crippen molar-refractivity contribution in [3.05, 3.63) is 76.2 Å². The Labute approximate surface area is 163 Å². The van der Waals surface area contributed by atoms with E-state index in [0.717, 1.165) is 15.2 Å². The number of hydrazone groups is 1. The molecule has 0 atom stereocenters. The van der Waals surface area contributed by atoms with Crippen LogP contribution in [0.3, 0.4) is 0 Å². The van der Waals surface area contributed by atoms with Crippen LogP contribution in [0.2, 0.25) is 0 Å². The number of phenols is 1. The molecule has 7 heteroatoms. The number of rotatable bonds is 3. The first-order valence-corrected chi connectivity index (χ1v) is 9.02. The number of aromatic nitrogens is 2. The van der Waals surface area contributed by atoms with E-state index < -0.39 is 0 Å². The monoisotopic (exact) mass is 422 g/mol. The van der Waals surface area contributed by atoms with Gasteiger partial charge in [-0.25, -0.2) is 10.4 Å². The summed E-state index contributed by atoms with van der Waals surface area (Å²) in [6.45, 7) is 1.77. The highest BCUT2D eigenvalue weighted by molar-refractivity contribution is 9.10. The molecule has 0 aliphatic heterocycles. The number of amides is 1. The van der Waals surface area contributed by atoms with E-state index in [0.29, 0.717) is 22.6 Å². The van der Waals surface area contributed by atoms with Crippen molar-refractivity contribution in [2.24, 2.45) is 5.10 Å². The second kappa shape index (κ2) is 6.85. The summed E-state index contributed by atoms with van der Waals surface area (Å²) in [7, 11) is 0. The maximum Gasteiger partial charge on any atom is 0.290 e. The number of phenolic OH excluding ortho intramolecular Hbond substituents is 1. The third kappa shape index (κ3) is 3.17. The highest BCUT2D eigenvalue weighted by Gasteiger charge is 2.16. The van der Waals surface area contributed by atoms with E-state index >= 15 is 0 Å². The first-order chi connectivity index (χ1) is 13.0. The van der Waals surface area contributed by atoms with Gasteiger partial charge in [0.2, 0.25) is 0 Å². The maximum absolute atomic E-state index is 12.6. The van der Waals surface area contributed by atoms with Gasteiger partial charge in [-0.15, -0.1) is 0 Å². The summed E-state index contributed by atoms with van der Waals surface area (Å²) in [4.78, 5) is 17.0. The molecule has 0 radical (unpaired) electrons. The van der Waals surface area contributed by atoms with Gasteiger partial charge in [0.25, 0.3) is 5.91 Å². The third-order valence-electron chi connectivity index (χ3n) is 4.28. The second-order valence-corrected chi connectivity index (χ2v) is 6.96. The number of carbonyl (C=O) groups is 1. The van der Waals surface area contributed by atoms with Crippen molar-refractivity contribution in [3.63, 3.8) is 0 Å². The van der Waals surface area contributed by atoms with Crippen molar-refractivity contribution in [2.75, 3.05) is 0 Å². The highest BCUT2D eigenvalue weighted by atomic mass is 79.9. The second-order valence-electron chi connectivity index (χ2n) is 6.04. The summed E-state index contributed by atoms with van der Waals surface area (Å²) in [5.74, 6) is -0.282. The van der Waals surface area contributed by atoms with Crippen LogP contribution in [0.5, 0.6) is 5.75 Å². The minimum Gasteiger partial charge on any atom is -0.507 e. The molecule has 0 bridgehead atoms. The summed E-state index contributed by atoms with van der Waals surface area (Å²) in [6.07, 6.45) is 3.23. The molecule has 2 aromatic carbocycles. The molecule has 2 heterocycles. The standard InChI is InChI=1S/C20H15BrN4O2/c1-12-19(25-11-14(21)7-9-18(25)23-12)20(27)24-22-10-16-15-5-3-2-4-13(15)6-8-17(16)26/h2-11,26H,1H3,(H,24,27)/b22-10+. The zero-order chi connectivity index (χ0) is 19.0. The Kier molecular flexibility index (Phi) is 4.37. The molecule has 6 nitrogen and oxygen atoms in total. The van der Waals surface area contributed by atoms with Crippen molar-refractivity contribution in [2.45, 2.75) is 6.92 Å². The fraction of sp³-hybridized carbons (Fsp3) is 0.0500. The Balaban J connectivity index is 1.65. The molecule has 0 aliphatic rings. The van der Waals surface area contributed by atoms with Crippen LogP contribution in [0, 0.1) is 6.92 Å². The van der Waals surface area contributed by atoms with Crippen LogP contribution >= 0.6 is 15.9 Å². The zero-order valence-electron chi connectivity index (χ0n) is 14.3. The molecule has 1 amide bonds. The van der Waals surface area contributed by atoms with E-state index in [9.17, 15) is 9.90 Å². The summed E-state index contributed by atoms with van der Waals surface area (Å²) in [5, 5.41) is 16.0. The number of fused-ring (bicyclic) bond motifs is 2. The van der Waals surface area contributed by atoms with Crippen molar-refractivity contribution in [1.29, 1.82) is 0 Å². The van der Waals surface area contributed by atoms with Crippen LogP contribution in [-0.2, 0) is 0 Å². The number of halogens is 1. The average molecular weight is 423 g/mol. The number of nitrogens with zero attached hydrogens (tertiary/aromatic N) is 3. The Morgan fingerprint density at radius 3 is 2.89 bits per heavy atom. The van der Waals surface area contributed by atoms with E-state index in [1.54, 1.807) is 23.6 Å². The first-order valence-electron chi connectivity index (χ1n) is 8.23. The van der Waals surface area contributed by atoms with E-state index in [-0.39, 0.29) is 11.7 Å². The molecular weight excluding hydrogens is 408 g/mol. The summed E-state index contributed by atoms with van der Waals surface area (Å²) in [5.41, 5.74) is 4.76. The zero-order valence-corrected chi connectivity index (χ0v) is 15.9. The molecule has 0 saturated heterocycles. The molecule has 134 valence electrons. The molecule has 2 N–H and O–H groups in total. The Bertz CT molecular complexity index is 1210. The van der Waals surface area contributed by atoms with Crippen LogP contribution in [-0.4, -0.2) is 26.6 Å². The Morgan fingerprint density at radius 1 is 1.22 bits per heavy atom. The van der Waals surface area contributed by atoms with Crippen LogP contribution in [0.4, 0.5) is 0 Å². The van der Waals surface area contributed by atoms with Gasteiger partial charge in [-0.1, -0.05) is 30.3 Å². The predicted molar refractivity (Wildman–Crippen MR) is 108 cm³/mol. The van der Waals surface area contributed by atoms with Gasteiger partial charge >= 0.3 is 0 Å². The fourth-order valence-electron chi connectivity index (χ4n) is 3.04. The quantitative estimate of drug-likeness (QED) is 0.386. The number of pyridine rings is 1. The minimum atomic E-state index is -0.380. The van der Waals surface area contributed by atoms with Crippen LogP contribution in [0.25, 0.3) is 16.4 Å². The van der Waals surface area contributed by atoms with Crippen LogP contribution < -0.4 is 5.43 Å². The molecule has 0 saturated carbocycles. The first kappa shape index (κ1) is 17.2. The van der Waals surface area contributed by atoms with Crippen LogP contribution in [0.1, 0.15) is 21.7 Å². The normalized spacial score (nSPS) is 11.5. The number of imidazole rings is 1. The highest BCUT2D eigenvalue weighted by Crippen LogP contribution is 2.25. The third-order valence-corrected chi connectivity index (χ3v) is 4.75. The van der Waals surface area contributed by atoms with Gasteiger partial charge in [0.05, 0.1) is 11.9 Å². The Hall–Kier alpha value is -3.19. The molecule has 27 heavy (non-hydrogen) atoms. The average Bonchev–Trinajstić information content (AvgIpc) is 2.98. The van der Waals surface area contributed by atoms with Crippen molar-refractivity contribution in [1.82, 2.24) is 14.8 Å². The van der Waals surface area contributed by atoms with Gasteiger partial charge < -0.3 is 5.11 Å². The number of nitrogens with one attached hydrogen (secondary N) is 1. The number of hydrogen-bond acceptors (Lipinski definition) is 4. The summed E-state index contributed by atoms with van der Waals surface area (Å²) < 4.78 is 2.55. The van der Waals surface area contributed by atoms with Gasteiger partial charge in [-0.2, -0.15) is 5.10 Å². The maximum atomic E-state index is 12.6. The molecule has 0 unspecified atom stereocenters. The van der Waals surface area contributed by atoms with E-state index in [4.69, 9.17) is 0 Å².